The number of amides is 2. The van der Waals surface area contributed by atoms with Gasteiger partial charge in [-0.15, -0.1) is 12.4 Å². The van der Waals surface area contributed by atoms with Crippen LogP contribution in [0.5, 0.6) is 0 Å². The zero-order valence-electron chi connectivity index (χ0n) is 14.4. The standard InChI is InChI=1S/C19H23N3O2.ClH/c1-13(2)18(23)22-17-9-5-15(6-10-17)19(24)21-12-11-14-3-7-16(20)8-4-14;/h3-10,13H,11-12,20H2,1-2H3,(H,21,24)(H,22,23);1H. The van der Waals surface area contributed by atoms with Crippen LogP contribution in [0, 0.1) is 5.92 Å². The SMILES string of the molecule is CC(C)C(=O)Nc1ccc(C(=O)NCCc2ccc(N)cc2)cc1.Cl. The molecule has 0 bridgehead atoms. The van der Waals surface area contributed by atoms with Crippen molar-refractivity contribution < 1.29 is 9.59 Å². The van der Waals surface area contributed by atoms with Crippen molar-refractivity contribution in [3.05, 3.63) is 59.7 Å². The molecule has 4 N–H and O–H groups in total. The number of nitrogens with two attached hydrogens (primary N) is 1. The first kappa shape index (κ1) is 20.5. The van der Waals surface area contributed by atoms with Gasteiger partial charge in [0.2, 0.25) is 5.91 Å². The molecule has 0 spiro atoms. The van der Waals surface area contributed by atoms with E-state index in [4.69, 9.17) is 5.73 Å². The highest BCUT2D eigenvalue weighted by Crippen LogP contribution is 2.11. The Hall–Kier alpha value is -2.53. The lowest BCUT2D eigenvalue weighted by Crippen LogP contribution is -2.25. The Balaban J connectivity index is 0.00000312. The first-order chi connectivity index (χ1) is 11.5. The minimum Gasteiger partial charge on any atom is -0.399 e. The summed E-state index contributed by atoms with van der Waals surface area (Å²) >= 11 is 0. The maximum absolute atomic E-state index is 12.1. The summed E-state index contributed by atoms with van der Waals surface area (Å²) < 4.78 is 0. The molecule has 0 heterocycles. The van der Waals surface area contributed by atoms with Gasteiger partial charge in [0.05, 0.1) is 0 Å². The van der Waals surface area contributed by atoms with E-state index in [1.165, 1.54) is 0 Å². The van der Waals surface area contributed by atoms with Crippen LogP contribution in [0.1, 0.15) is 29.8 Å². The van der Waals surface area contributed by atoms with Crippen molar-refractivity contribution in [3.8, 4) is 0 Å². The molecule has 0 aromatic heterocycles. The van der Waals surface area contributed by atoms with Crippen molar-refractivity contribution in [2.75, 3.05) is 17.6 Å². The zero-order valence-corrected chi connectivity index (χ0v) is 15.2. The molecule has 0 radical (unpaired) electrons. The number of nitrogen functional groups attached to an aromatic ring is 1. The molecule has 5 nitrogen and oxygen atoms in total. The van der Waals surface area contributed by atoms with E-state index < -0.39 is 0 Å². The highest BCUT2D eigenvalue weighted by Gasteiger charge is 2.08. The molecule has 6 heteroatoms. The van der Waals surface area contributed by atoms with Crippen molar-refractivity contribution in [3.63, 3.8) is 0 Å². The lowest BCUT2D eigenvalue weighted by atomic mass is 10.1. The van der Waals surface area contributed by atoms with Crippen molar-refractivity contribution in [2.45, 2.75) is 20.3 Å². The Morgan fingerprint density at radius 1 is 1.00 bits per heavy atom. The van der Waals surface area contributed by atoms with Gasteiger partial charge in [0.25, 0.3) is 5.91 Å². The minimum atomic E-state index is -0.132. The number of rotatable bonds is 6. The van der Waals surface area contributed by atoms with E-state index in [0.29, 0.717) is 17.8 Å². The van der Waals surface area contributed by atoms with Gasteiger partial charge < -0.3 is 16.4 Å². The summed E-state index contributed by atoms with van der Waals surface area (Å²) in [6.07, 6.45) is 0.745. The predicted octanol–water partition coefficient (Wildman–Crippen LogP) is 3.26. The van der Waals surface area contributed by atoms with Gasteiger partial charge in [-0.05, 0) is 48.4 Å². The Bertz CT molecular complexity index is 698. The number of hydrogen-bond donors (Lipinski definition) is 3. The van der Waals surface area contributed by atoms with Crippen molar-refractivity contribution in [2.24, 2.45) is 5.92 Å². The van der Waals surface area contributed by atoms with Gasteiger partial charge in [-0.2, -0.15) is 0 Å². The average Bonchev–Trinajstić information content (AvgIpc) is 2.57. The number of halogens is 1. The molecular formula is C19H24ClN3O2. The topological polar surface area (TPSA) is 84.2 Å². The number of nitrogens with one attached hydrogen (secondary N) is 2. The first-order valence-corrected chi connectivity index (χ1v) is 7.99. The van der Waals surface area contributed by atoms with E-state index in [9.17, 15) is 9.59 Å². The number of carbonyl (C=O) groups excluding carboxylic acids is 2. The lowest BCUT2D eigenvalue weighted by molar-refractivity contribution is -0.118. The summed E-state index contributed by atoms with van der Waals surface area (Å²) in [5, 5.41) is 5.68. The van der Waals surface area contributed by atoms with E-state index in [1.807, 2.05) is 38.1 Å². The molecule has 0 fully saturated rings. The molecule has 2 aromatic carbocycles. The first-order valence-electron chi connectivity index (χ1n) is 7.99. The summed E-state index contributed by atoms with van der Waals surface area (Å²) in [7, 11) is 0. The fourth-order valence-electron chi connectivity index (χ4n) is 2.10. The maximum Gasteiger partial charge on any atom is 0.251 e. The van der Waals surface area contributed by atoms with Crippen molar-refractivity contribution in [1.29, 1.82) is 0 Å². The van der Waals surface area contributed by atoms with Gasteiger partial charge in [0.1, 0.15) is 0 Å². The van der Waals surface area contributed by atoms with Crippen LogP contribution in [-0.4, -0.2) is 18.4 Å². The van der Waals surface area contributed by atoms with E-state index >= 15 is 0 Å². The molecular weight excluding hydrogens is 338 g/mol. The molecule has 0 unspecified atom stereocenters. The van der Waals surface area contributed by atoms with Crippen LogP contribution in [-0.2, 0) is 11.2 Å². The Labute approximate surface area is 154 Å². The summed E-state index contributed by atoms with van der Waals surface area (Å²) in [5.74, 6) is -0.260. The summed E-state index contributed by atoms with van der Waals surface area (Å²) in [4.78, 5) is 23.7. The van der Waals surface area contributed by atoms with Crippen LogP contribution >= 0.6 is 12.4 Å². The number of anilines is 2. The van der Waals surface area contributed by atoms with Gasteiger partial charge in [0, 0.05) is 29.4 Å². The number of hydrogen-bond acceptors (Lipinski definition) is 3. The average molecular weight is 362 g/mol. The highest BCUT2D eigenvalue weighted by molar-refractivity contribution is 5.96. The predicted molar refractivity (Wildman–Crippen MR) is 104 cm³/mol. The van der Waals surface area contributed by atoms with Crippen LogP contribution in [0.15, 0.2) is 48.5 Å². The van der Waals surface area contributed by atoms with Gasteiger partial charge in [-0.1, -0.05) is 26.0 Å². The molecule has 0 saturated heterocycles. The summed E-state index contributed by atoms with van der Waals surface area (Å²) in [6.45, 7) is 4.21. The van der Waals surface area contributed by atoms with E-state index in [1.54, 1.807) is 24.3 Å². The zero-order chi connectivity index (χ0) is 17.5. The molecule has 2 rings (SSSR count). The number of benzene rings is 2. The fourth-order valence-corrected chi connectivity index (χ4v) is 2.10. The third-order valence-electron chi connectivity index (χ3n) is 3.62. The molecule has 0 aliphatic heterocycles. The fraction of sp³-hybridized carbons (Fsp3) is 0.263. The molecule has 2 amide bonds. The molecule has 25 heavy (non-hydrogen) atoms. The largest absolute Gasteiger partial charge is 0.399 e. The maximum atomic E-state index is 12.1. The highest BCUT2D eigenvalue weighted by atomic mass is 35.5. The van der Waals surface area contributed by atoms with E-state index in [-0.39, 0.29) is 30.1 Å². The van der Waals surface area contributed by atoms with Crippen LogP contribution in [0.4, 0.5) is 11.4 Å². The molecule has 0 aliphatic carbocycles. The summed E-state index contributed by atoms with van der Waals surface area (Å²) in [6, 6.07) is 14.5. The second-order valence-corrected chi connectivity index (χ2v) is 5.97. The van der Waals surface area contributed by atoms with Crippen molar-refractivity contribution >= 4 is 35.6 Å². The molecule has 0 aliphatic rings. The van der Waals surface area contributed by atoms with Gasteiger partial charge >= 0.3 is 0 Å². The normalized spacial score (nSPS) is 10.0. The van der Waals surface area contributed by atoms with Gasteiger partial charge in [-0.3, -0.25) is 9.59 Å². The Kier molecular flexibility index (Phi) is 7.95. The van der Waals surface area contributed by atoms with Gasteiger partial charge in [-0.25, -0.2) is 0 Å². The lowest BCUT2D eigenvalue weighted by Gasteiger charge is -2.09. The third kappa shape index (κ3) is 6.47. The Morgan fingerprint density at radius 3 is 2.16 bits per heavy atom. The van der Waals surface area contributed by atoms with Crippen LogP contribution in [0.2, 0.25) is 0 Å². The van der Waals surface area contributed by atoms with E-state index in [0.717, 1.165) is 17.7 Å². The Morgan fingerprint density at radius 2 is 1.60 bits per heavy atom. The van der Waals surface area contributed by atoms with E-state index in [2.05, 4.69) is 10.6 Å². The smallest absolute Gasteiger partial charge is 0.251 e. The third-order valence-corrected chi connectivity index (χ3v) is 3.62. The second-order valence-electron chi connectivity index (χ2n) is 5.97. The van der Waals surface area contributed by atoms with Crippen molar-refractivity contribution in [1.82, 2.24) is 5.32 Å². The molecule has 0 saturated carbocycles. The quantitative estimate of drug-likeness (QED) is 0.690. The van der Waals surface area contributed by atoms with Crippen LogP contribution in [0.25, 0.3) is 0 Å². The number of carbonyl (C=O) groups is 2. The van der Waals surface area contributed by atoms with Gasteiger partial charge in [0.15, 0.2) is 0 Å². The minimum absolute atomic E-state index is 0. The molecule has 2 aromatic rings. The summed E-state index contributed by atoms with van der Waals surface area (Å²) in [5.41, 5.74) is 8.74. The molecule has 134 valence electrons. The van der Waals surface area contributed by atoms with Crippen LogP contribution < -0.4 is 16.4 Å². The monoisotopic (exact) mass is 361 g/mol. The van der Waals surface area contributed by atoms with Crippen LogP contribution in [0.3, 0.4) is 0 Å². The molecule has 0 atom stereocenters. The second kappa shape index (κ2) is 9.69.